The fourth-order valence-electron chi connectivity index (χ4n) is 4.05. The number of aromatic amines is 1. The summed E-state index contributed by atoms with van der Waals surface area (Å²) in [4.78, 5) is 4.84. The molecule has 4 aromatic rings. The Morgan fingerprint density at radius 2 is 1.92 bits per heavy atom. The third-order valence-corrected chi connectivity index (χ3v) is 5.24. The zero-order valence-corrected chi connectivity index (χ0v) is 14.0. The van der Waals surface area contributed by atoms with Crippen LogP contribution in [0.15, 0.2) is 36.5 Å². The molecule has 0 amide bonds. The number of fused-ring (bicyclic) bond motifs is 5. The van der Waals surface area contributed by atoms with Gasteiger partial charge in [0, 0.05) is 16.3 Å². The predicted octanol–water partition coefficient (Wildman–Crippen LogP) is 4.67. The van der Waals surface area contributed by atoms with E-state index in [9.17, 15) is 4.39 Å². The molecular formula is C21H15FN4. The molecule has 0 fully saturated rings. The number of hydrogen-bond acceptors (Lipinski definition) is 3. The topological polar surface area (TPSA) is 65.4 Å². The Morgan fingerprint density at radius 3 is 2.73 bits per heavy atom. The molecule has 1 aliphatic carbocycles. The molecule has 1 N–H and O–H groups in total. The van der Waals surface area contributed by atoms with Gasteiger partial charge in [-0.1, -0.05) is 0 Å². The van der Waals surface area contributed by atoms with Crippen molar-refractivity contribution in [2.75, 3.05) is 0 Å². The van der Waals surface area contributed by atoms with Crippen molar-refractivity contribution in [3.63, 3.8) is 0 Å². The number of benzene rings is 2. The monoisotopic (exact) mass is 342 g/mol. The molecule has 2 aromatic heterocycles. The van der Waals surface area contributed by atoms with Gasteiger partial charge in [0.1, 0.15) is 5.82 Å². The van der Waals surface area contributed by atoms with Gasteiger partial charge in [0.15, 0.2) is 0 Å². The van der Waals surface area contributed by atoms with Crippen LogP contribution in [0.1, 0.15) is 29.5 Å². The summed E-state index contributed by atoms with van der Waals surface area (Å²) in [5.74, 6) is -0.395. The third kappa shape index (κ3) is 2.12. The molecule has 0 unspecified atom stereocenters. The van der Waals surface area contributed by atoms with Crippen molar-refractivity contribution in [2.24, 2.45) is 0 Å². The van der Waals surface area contributed by atoms with E-state index in [0.29, 0.717) is 16.8 Å². The van der Waals surface area contributed by atoms with Gasteiger partial charge in [-0.3, -0.25) is 5.10 Å². The van der Waals surface area contributed by atoms with Gasteiger partial charge in [-0.25, -0.2) is 9.37 Å². The van der Waals surface area contributed by atoms with Crippen molar-refractivity contribution in [1.82, 2.24) is 15.2 Å². The maximum absolute atomic E-state index is 14.7. The summed E-state index contributed by atoms with van der Waals surface area (Å²) in [6.45, 7) is 0. The number of nitriles is 1. The van der Waals surface area contributed by atoms with Crippen molar-refractivity contribution in [3.05, 3.63) is 59.0 Å². The van der Waals surface area contributed by atoms with Gasteiger partial charge < -0.3 is 0 Å². The normalized spacial score (nSPS) is 13.7. The first-order valence-corrected chi connectivity index (χ1v) is 8.74. The van der Waals surface area contributed by atoms with Crippen molar-refractivity contribution >= 4 is 21.8 Å². The lowest BCUT2D eigenvalue weighted by atomic mass is 9.85. The van der Waals surface area contributed by atoms with Crippen LogP contribution in [0.2, 0.25) is 0 Å². The molecule has 0 spiro atoms. The van der Waals surface area contributed by atoms with E-state index in [1.165, 1.54) is 11.6 Å². The molecule has 0 aliphatic heterocycles. The van der Waals surface area contributed by atoms with Gasteiger partial charge in [-0.15, -0.1) is 0 Å². The Labute approximate surface area is 149 Å². The molecule has 0 radical (unpaired) electrons. The second-order valence-corrected chi connectivity index (χ2v) is 6.72. The van der Waals surface area contributed by atoms with Crippen LogP contribution in [0.4, 0.5) is 4.39 Å². The number of aryl methyl sites for hydroxylation is 1. The van der Waals surface area contributed by atoms with Crippen LogP contribution < -0.4 is 0 Å². The fourth-order valence-corrected chi connectivity index (χ4v) is 4.05. The quantitative estimate of drug-likeness (QED) is 0.547. The van der Waals surface area contributed by atoms with Crippen LogP contribution in [0.5, 0.6) is 0 Å². The van der Waals surface area contributed by atoms with Gasteiger partial charge in [0.25, 0.3) is 0 Å². The van der Waals surface area contributed by atoms with Crippen molar-refractivity contribution in [2.45, 2.75) is 25.7 Å². The van der Waals surface area contributed by atoms with E-state index in [-0.39, 0.29) is 0 Å². The number of halogens is 1. The minimum Gasteiger partial charge on any atom is -0.278 e. The van der Waals surface area contributed by atoms with Gasteiger partial charge >= 0.3 is 0 Å². The highest BCUT2D eigenvalue weighted by Gasteiger charge is 2.22. The van der Waals surface area contributed by atoms with Crippen LogP contribution in [0.3, 0.4) is 0 Å². The summed E-state index contributed by atoms with van der Waals surface area (Å²) >= 11 is 0. The van der Waals surface area contributed by atoms with E-state index in [0.717, 1.165) is 53.1 Å². The SMILES string of the molecule is N#Cc1ccc(-c2nc3ccc4[nH]ncc4c3c3c2CCCC3)c(F)c1. The highest BCUT2D eigenvalue weighted by atomic mass is 19.1. The second-order valence-electron chi connectivity index (χ2n) is 6.72. The van der Waals surface area contributed by atoms with Crippen molar-refractivity contribution in [3.8, 4) is 17.3 Å². The van der Waals surface area contributed by atoms with Gasteiger partial charge in [-0.05, 0) is 67.1 Å². The lowest BCUT2D eigenvalue weighted by Gasteiger charge is -2.22. The Kier molecular flexibility index (Phi) is 3.26. The minimum absolute atomic E-state index is 0.320. The lowest BCUT2D eigenvalue weighted by Crippen LogP contribution is -2.08. The first kappa shape index (κ1) is 15.0. The largest absolute Gasteiger partial charge is 0.278 e. The zero-order valence-electron chi connectivity index (χ0n) is 14.0. The van der Waals surface area contributed by atoms with Gasteiger partial charge in [0.2, 0.25) is 0 Å². The maximum Gasteiger partial charge on any atom is 0.133 e. The first-order chi connectivity index (χ1) is 12.8. The van der Waals surface area contributed by atoms with E-state index in [4.69, 9.17) is 10.2 Å². The molecule has 0 saturated carbocycles. The molecule has 2 aromatic carbocycles. The molecule has 0 atom stereocenters. The van der Waals surface area contributed by atoms with E-state index in [1.807, 2.05) is 24.4 Å². The van der Waals surface area contributed by atoms with Crippen molar-refractivity contribution < 1.29 is 4.39 Å². The molecule has 5 rings (SSSR count). The van der Waals surface area contributed by atoms with Crippen LogP contribution in [-0.4, -0.2) is 15.2 Å². The molecule has 126 valence electrons. The molecule has 0 saturated heterocycles. The van der Waals surface area contributed by atoms with E-state index >= 15 is 0 Å². The number of nitrogens with zero attached hydrogens (tertiary/aromatic N) is 3. The number of nitrogens with one attached hydrogen (secondary N) is 1. The lowest BCUT2D eigenvalue weighted by molar-refractivity contribution is 0.629. The highest BCUT2D eigenvalue weighted by molar-refractivity contribution is 6.07. The number of rotatable bonds is 1. The molecule has 1 aliphatic rings. The average Bonchev–Trinajstić information content (AvgIpc) is 3.16. The smallest absolute Gasteiger partial charge is 0.133 e. The van der Waals surface area contributed by atoms with E-state index in [2.05, 4.69) is 10.2 Å². The Hall–Kier alpha value is -3.26. The summed E-state index contributed by atoms with van der Waals surface area (Å²) in [6, 6.07) is 10.5. The van der Waals surface area contributed by atoms with Crippen molar-refractivity contribution in [1.29, 1.82) is 5.26 Å². The summed E-state index contributed by atoms with van der Waals surface area (Å²) in [6.07, 6.45) is 5.89. The predicted molar refractivity (Wildman–Crippen MR) is 98.1 cm³/mol. The van der Waals surface area contributed by atoms with Crippen LogP contribution in [-0.2, 0) is 12.8 Å². The first-order valence-electron chi connectivity index (χ1n) is 8.74. The van der Waals surface area contributed by atoms with Crippen LogP contribution in [0, 0.1) is 17.1 Å². The summed E-state index contributed by atoms with van der Waals surface area (Å²) in [5.41, 5.74) is 5.73. The number of aromatic nitrogens is 3. The van der Waals surface area contributed by atoms with E-state index < -0.39 is 5.82 Å². The Morgan fingerprint density at radius 1 is 1.08 bits per heavy atom. The summed E-state index contributed by atoms with van der Waals surface area (Å²) in [5, 5.41) is 18.4. The number of hydrogen-bond donors (Lipinski definition) is 1. The third-order valence-electron chi connectivity index (χ3n) is 5.24. The fraction of sp³-hybridized carbons (Fsp3) is 0.190. The average molecular weight is 342 g/mol. The summed E-state index contributed by atoms with van der Waals surface area (Å²) < 4.78 is 14.7. The maximum atomic E-state index is 14.7. The zero-order chi connectivity index (χ0) is 17.7. The standard InChI is InChI=1S/C21H15FN4/c22-17-9-12(10-23)5-6-15(17)21-14-4-2-1-3-13(14)20-16-11-24-26-18(16)7-8-19(20)25-21/h5-9,11H,1-4H2,(H,24,26). The molecule has 4 nitrogen and oxygen atoms in total. The van der Waals surface area contributed by atoms with Crippen LogP contribution in [0.25, 0.3) is 33.1 Å². The van der Waals surface area contributed by atoms with E-state index in [1.54, 1.807) is 12.1 Å². The highest BCUT2D eigenvalue weighted by Crippen LogP contribution is 2.38. The Bertz CT molecular complexity index is 1220. The Balaban J connectivity index is 1.87. The number of H-pyrrole nitrogens is 1. The van der Waals surface area contributed by atoms with Gasteiger partial charge in [0.05, 0.1) is 34.6 Å². The molecule has 5 heteroatoms. The number of pyridine rings is 1. The van der Waals surface area contributed by atoms with Crippen LogP contribution >= 0.6 is 0 Å². The minimum atomic E-state index is -0.395. The molecule has 0 bridgehead atoms. The van der Waals surface area contributed by atoms with Gasteiger partial charge in [-0.2, -0.15) is 10.4 Å². The second kappa shape index (κ2) is 5.63. The summed E-state index contributed by atoms with van der Waals surface area (Å²) in [7, 11) is 0. The molecular weight excluding hydrogens is 327 g/mol. The molecule has 2 heterocycles. The molecule has 26 heavy (non-hydrogen) atoms.